The SMILES string of the molecule is COc1ccc2cc1OCC(=O)NCc1ccc(cc1)O[C@H]1CN(C(=O)CC3CCNCC3)C[C@@H]1NC2=O. The van der Waals surface area contributed by atoms with Gasteiger partial charge >= 0.3 is 0 Å². The molecule has 0 unspecified atom stereocenters. The lowest BCUT2D eigenvalue weighted by Gasteiger charge is -2.24. The third kappa shape index (κ3) is 6.19. The molecule has 4 bridgehead atoms. The first-order valence-corrected chi connectivity index (χ1v) is 13.1. The van der Waals surface area contributed by atoms with Crippen molar-refractivity contribution >= 4 is 17.7 Å². The quantitative estimate of drug-likeness (QED) is 0.559. The maximum atomic E-state index is 13.3. The van der Waals surface area contributed by atoms with Gasteiger partial charge in [0, 0.05) is 25.1 Å². The van der Waals surface area contributed by atoms with Crippen LogP contribution in [0.4, 0.5) is 0 Å². The number of rotatable bonds is 3. The number of amides is 3. The Morgan fingerprint density at radius 1 is 1.08 bits per heavy atom. The summed E-state index contributed by atoms with van der Waals surface area (Å²) in [6, 6.07) is 11.9. The van der Waals surface area contributed by atoms with Crippen LogP contribution in [-0.2, 0) is 16.1 Å². The van der Waals surface area contributed by atoms with Crippen molar-refractivity contribution in [2.75, 3.05) is 39.9 Å². The molecule has 0 aliphatic carbocycles. The van der Waals surface area contributed by atoms with Crippen LogP contribution < -0.4 is 30.2 Å². The van der Waals surface area contributed by atoms with Gasteiger partial charge < -0.3 is 35.1 Å². The van der Waals surface area contributed by atoms with Crippen molar-refractivity contribution in [3.8, 4) is 17.2 Å². The van der Waals surface area contributed by atoms with E-state index in [4.69, 9.17) is 14.2 Å². The molecule has 4 aliphatic heterocycles. The first kappa shape index (κ1) is 25.8. The van der Waals surface area contributed by atoms with Crippen molar-refractivity contribution in [3.63, 3.8) is 0 Å². The lowest BCUT2D eigenvalue weighted by atomic mass is 9.94. The summed E-state index contributed by atoms with van der Waals surface area (Å²) in [4.78, 5) is 40.6. The van der Waals surface area contributed by atoms with Crippen molar-refractivity contribution in [2.24, 2.45) is 5.92 Å². The zero-order valence-electron chi connectivity index (χ0n) is 21.5. The molecule has 2 aromatic rings. The topological polar surface area (TPSA) is 118 Å². The number of carbonyl (C=O) groups is 3. The van der Waals surface area contributed by atoms with E-state index in [1.54, 1.807) is 18.2 Å². The molecule has 4 aliphatic rings. The van der Waals surface area contributed by atoms with Gasteiger partial charge in [-0.2, -0.15) is 0 Å². The van der Waals surface area contributed by atoms with E-state index in [1.807, 2.05) is 29.2 Å². The van der Waals surface area contributed by atoms with Gasteiger partial charge in [-0.05, 0) is 67.7 Å². The third-order valence-corrected chi connectivity index (χ3v) is 7.34. The van der Waals surface area contributed by atoms with Crippen molar-refractivity contribution in [2.45, 2.75) is 38.0 Å². The summed E-state index contributed by atoms with van der Waals surface area (Å²) < 4.78 is 17.3. The van der Waals surface area contributed by atoms with Crippen molar-refractivity contribution in [1.29, 1.82) is 0 Å². The molecule has 2 aromatic carbocycles. The van der Waals surface area contributed by atoms with Crippen LogP contribution >= 0.6 is 0 Å². The summed E-state index contributed by atoms with van der Waals surface area (Å²) >= 11 is 0. The standard InChI is InChI=1S/C28H34N4O6/c1-36-23-7-4-20-13-24(23)37-17-26(33)30-14-19-2-5-21(6-3-19)38-25-16-32(15-22(25)31-28(20)35)27(34)12-18-8-10-29-11-9-18/h2-7,13,18,22,25,29H,8-12,14-17H2,1H3,(H,30,33)(H,31,35)/t22-,25-/m0/s1. The number of carbonyl (C=O) groups excluding carboxylic acids is 3. The first-order chi connectivity index (χ1) is 18.5. The Labute approximate surface area is 222 Å². The Morgan fingerprint density at radius 2 is 1.87 bits per heavy atom. The van der Waals surface area contributed by atoms with E-state index in [9.17, 15) is 14.4 Å². The van der Waals surface area contributed by atoms with Crippen LogP contribution in [0.1, 0.15) is 35.2 Å². The minimum absolute atomic E-state index is 0.0932. The zero-order chi connectivity index (χ0) is 26.5. The molecular formula is C28H34N4O6. The number of likely N-dealkylation sites (tertiary alicyclic amines) is 1. The first-order valence-electron chi connectivity index (χ1n) is 13.1. The van der Waals surface area contributed by atoms with Crippen LogP contribution in [0.5, 0.6) is 17.2 Å². The smallest absolute Gasteiger partial charge is 0.258 e. The second kappa shape index (κ2) is 11.7. The monoisotopic (exact) mass is 522 g/mol. The number of nitrogens with one attached hydrogen (secondary N) is 3. The Bertz CT molecular complexity index is 1160. The predicted molar refractivity (Wildman–Crippen MR) is 139 cm³/mol. The number of fused-ring (bicyclic) bond motifs is 7. The number of nitrogens with zero attached hydrogens (tertiary/aromatic N) is 1. The molecule has 10 nitrogen and oxygen atoms in total. The largest absolute Gasteiger partial charge is 0.493 e. The third-order valence-electron chi connectivity index (χ3n) is 7.34. The molecule has 3 N–H and O–H groups in total. The number of hydrogen-bond acceptors (Lipinski definition) is 7. The van der Waals surface area contributed by atoms with Crippen LogP contribution in [0.15, 0.2) is 42.5 Å². The Morgan fingerprint density at radius 3 is 2.63 bits per heavy atom. The molecule has 6 rings (SSSR count). The number of methoxy groups -OCH3 is 1. The highest BCUT2D eigenvalue weighted by Crippen LogP contribution is 2.29. The van der Waals surface area contributed by atoms with Gasteiger partial charge in [-0.3, -0.25) is 14.4 Å². The highest BCUT2D eigenvalue weighted by atomic mass is 16.5. The number of ether oxygens (including phenoxy) is 3. The van der Waals surface area contributed by atoms with E-state index in [0.717, 1.165) is 31.5 Å². The fourth-order valence-corrected chi connectivity index (χ4v) is 5.14. The van der Waals surface area contributed by atoms with Gasteiger partial charge in [0.2, 0.25) is 5.91 Å². The number of hydrogen-bond donors (Lipinski definition) is 3. The number of piperidine rings is 1. The average molecular weight is 523 g/mol. The fourth-order valence-electron chi connectivity index (χ4n) is 5.14. The fraction of sp³-hybridized carbons (Fsp3) is 0.464. The molecule has 0 saturated carbocycles. The summed E-state index contributed by atoms with van der Waals surface area (Å²) in [5.41, 5.74) is 1.26. The summed E-state index contributed by atoms with van der Waals surface area (Å²) in [6.45, 7) is 2.76. The lowest BCUT2D eigenvalue weighted by molar-refractivity contribution is -0.131. The summed E-state index contributed by atoms with van der Waals surface area (Å²) in [5.74, 6) is 1.19. The van der Waals surface area contributed by atoms with Gasteiger partial charge in [0.05, 0.1) is 19.7 Å². The minimum atomic E-state index is -0.411. The van der Waals surface area contributed by atoms with E-state index in [-0.39, 0.29) is 24.3 Å². The van der Waals surface area contributed by atoms with Gasteiger partial charge in [0.15, 0.2) is 18.1 Å². The minimum Gasteiger partial charge on any atom is -0.493 e. The molecule has 0 spiro atoms. The van der Waals surface area contributed by atoms with Crippen molar-refractivity contribution in [3.05, 3.63) is 53.6 Å². The van der Waals surface area contributed by atoms with Crippen LogP contribution in [0, 0.1) is 5.92 Å². The Hall–Kier alpha value is -3.79. The lowest BCUT2D eigenvalue weighted by Crippen LogP contribution is -2.45. The van der Waals surface area contributed by atoms with Crippen LogP contribution in [0.25, 0.3) is 0 Å². The molecule has 3 amide bonds. The van der Waals surface area contributed by atoms with Gasteiger partial charge in [-0.15, -0.1) is 0 Å². The molecule has 38 heavy (non-hydrogen) atoms. The van der Waals surface area contributed by atoms with Gasteiger partial charge in [0.1, 0.15) is 11.9 Å². The molecular weight excluding hydrogens is 488 g/mol. The highest BCUT2D eigenvalue weighted by Gasteiger charge is 2.38. The van der Waals surface area contributed by atoms with Crippen molar-refractivity contribution < 1.29 is 28.6 Å². The van der Waals surface area contributed by atoms with E-state index in [1.165, 1.54) is 7.11 Å². The number of benzene rings is 2. The molecule has 2 atom stereocenters. The normalized spacial score (nSPS) is 22.4. The molecule has 2 fully saturated rings. The van der Waals surface area contributed by atoms with Gasteiger partial charge in [-0.25, -0.2) is 0 Å². The van der Waals surface area contributed by atoms with E-state index in [2.05, 4.69) is 16.0 Å². The molecule has 10 heteroatoms. The zero-order valence-corrected chi connectivity index (χ0v) is 21.5. The summed E-state index contributed by atoms with van der Waals surface area (Å²) in [5, 5.41) is 9.23. The van der Waals surface area contributed by atoms with Crippen LogP contribution in [0.2, 0.25) is 0 Å². The van der Waals surface area contributed by atoms with E-state index < -0.39 is 12.1 Å². The molecule has 2 saturated heterocycles. The second-order valence-corrected chi connectivity index (χ2v) is 10.0. The molecule has 4 heterocycles. The molecule has 0 radical (unpaired) electrons. The van der Waals surface area contributed by atoms with E-state index in [0.29, 0.717) is 54.8 Å². The predicted octanol–water partition coefficient (Wildman–Crippen LogP) is 1.48. The van der Waals surface area contributed by atoms with Crippen LogP contribution in [0.3, 0.4) is 0 Å². The maximum absolute atomic E-state index is 13.3. The van der Waals surface area contributed by atoms with Gasteiger partial charge in [-0.1, -0.05) is 12.1 Å². The molecule has 202 valence electrons. The molecule has 0 aromatic heterocycles. The second-order valence-electron chi connectivity index (χ2n) is 10.0. The Kier molecular flexibility index (Phi) is 7.97. The summed E-state index contributed by atoms with van der Waals surface area (Å²) in [6.07, 6.45) is 2.09. The average Bonchev–Trinajstić information content (AvgIpc) is 3.33. The Balaban J connectivity index is 1.38. The summed E-state index contributed by atoms with van der Waals surface area (Å²) in [7, 11) is 1.50. The van der Waals surface area contributed by atoms with Crippen molar-refractivity contribution in [1.82, 2.24) is 20.9 Å². The highest BCUT2D eigenvalue weighted by molar-refractivity contribution is 5.95. The maximum Gasteiger partial charge on any atom is 0.258 e. The van der Waals surface area contributed by atoms with E-state index >= 15 is 0 Å². The van der Waals surface area contributed by atoms with Gasteiger partial charge in [0.25, 0.3) is 11.8 Å². The van der Waals surface area contributed by atoms with Crippen LogP contribution in [-0.4, -0.2) is 74.7 Å².